The number of sulfonamides is 1. The maximum absolute atomic E-state index is 12.8. The van der Waals surface area contributed by atoms with Crippen LogP contribution in [0.2, 0.25) is 0 Å². The van der Waals surface area contributed by atoms with Gasteiger partial charge in [-0.25, -0.2) is 13.9 Å². The third kappa shape index (κ3) is 3.07. The van der Waals surface area contributed by atoms with Gasteiger partial charge in [0, 0.05) is 11.8 Å². The Morgan fingerprint density at radius 3 is 2.73 bits per heavy atom. The first-order valence-corrected chi connectivity index (χ1v) is 8.95. The minimum absolute atomic E-state index is 0.0450. The zero-order valence-corrected chi connectivity index (χ0v) is 14.1. The Labute approximate surface area is 133 Å². The Kier molecular flexibility index (Phi) is 5.00. The fourth-order valence-electron chi connectivity index (χ4n) is 2.30. The van der Waals surface area contributed by atoms with Crippen molar-refractivity contribution < 1.29 is 23.2 Å². The van der Waals surface area contributed by atoms with Crippen LogP contribution in [-0.4, -0.2) is 48.1 Å². The minimum Gasteiger partial charge on any atom is -0.496 e. The van der Waals surface area contributed by atoms with Crippen LogP contribution in [-0.2, 0) is 14.8 Å². The molecule has 2 atom stereocenters. The highest BCUT2D eigenvalue weighted by molar-refractivity contribution is 8.02. The summed E-state index contributed by atoms with van der Waals surface area (Å²) in [6, 6.07) is 4.54. The number of nitrogens with one attached hydrogen (secondary N) is 1. The topological polar surface area (TPSA) is 95.9 Å². The van der Waals surface area contributed by atoms with Crippen LogP contribution in [0.5, 0.6) is 5.75 Å². The van der Waals surface area contributed by atoms with E-state index in [1.54, 1.807) is 13.0 Å². The average Bonchev–Trinajstić information content (AvgIpc) is 2.89. The van der Waals surface area contributed by atoms with Crippen LogP contribution >= 0.6 is 11.8 Å². The summed E-state index contributed by atoms with van der Waals surface area (Å²) in [6.07, 6.45) is 0. The van der Waals surface area contributed by atoms with E-state index in [0.29, 0.717) is 11.3 Å². The van der Waals surface area contributed by atoms with E-state index in [-0.39, 0.29) is 16.7 Å². The Balaban J connectivity index is 2.40. The summed E-state index contributed by atoms with van der Waals surface area (Å²) in [4.78, 5) is 11.8. The number of hydroxylamine groups is 1. The number of nitrogens with zero attached hydrogens (tertiary/aromatic N) is 1. The summed E-state index contributed by atoms with van der Waals surface area (Å²) in [6.45, 7) is 3.78. The highest BCUT2D eigenvalue weighted by Gasteiger charge is 2.43. The van der Waals surface area contributed by atoms with Crippen LogP contribution in [0.4, 0.5) is 0 Å². The monoisotopic (exact) mass is 346 g/mol. The quantitative estimate of drug-likeness (QED) is 0.623. The molecule has 1 aliphatic heterocycles. The number of thioether (sulfide) groups is 1. The van der Waals surface area contributed by atoms with Crippen molar-refractivity contribution in [3.8, 4) is 5.75 Å². The van der Waals surface area contributed by atoms with Crippen molar-refractivity contribution in [2.45, 2.75) is 29.4 Å². The lowest BCUT2D eigenvalue weighted by molar-refractivity contribution is -0.130. The molecule has 2 rings (SSSR count). The molecule has 1 fully saturated rings. The number of amides is 1. The zero-order valence-electron chi connectivity index (χ0n) is 12.4. The first-order chi connectivity index (χ1) is 10.3. The Hall–Kier alpha value is -1.29. The first-order valence-electron chi connectivity index (χ1n) is 6.57. The van der Waals surface area contributed by atoms with Crippen LogP contribution in [0, 0.1) is 6.92 Å². The van der Waals surface area contributed by atoms with Gasteiger partial charge in [0.25, 0.3) is 5.91 Å². The van der Waals surface area contributed by atoms with Gasteiger partial charge in [0.05, 0.1) is 12.0 Å². The largest absolute Gasteiger partial charge is 0.496 e. The van der Waals surface area contributed by atoms with Gasteiger partial charge in [-0.1, -0.05) is 6.92 Å². The number of benzene rings is 1. The molecular formula is C13H18N2O5S2. The van der Waals surface area contributed by atoms with Crippen molar-refractivity contribution in [3.05, 3.63) is 23.8 Å². The molecule has 0 saturated carbocycles. The van der Waals surface area contributed by atoms with E-state index in [4.69, 9.17) is 9.94 Å². The lowest BCUT2D eigenvalue weighted by atomic mass is 10.2. The van der Waals surface area contributed by atoms with Crippen LogP contribution in [0.25, 0.3) is 0 Å². The van der Waals surface area contributed by atoms with E-state index in [0.717, 1.165) is 4.31 Å². The first kappa shape index (κ1) is 17.1. The molecule has 0 unspecified atom stereocenters. The Morgan fingerprint density at radius 1 is 1.50 bits per heavy atom. The number of rotatable bonds is 4. The highest BCUT2D eigenvalue weighted by atomic mass is 32.2. The van der Waals surface area contributed by atoms with Gasteiger partial charge < -0.3 is 4.74 Å². The van der Waals surface area contributed by atoms with E-state index < -0.39 is 21.3 Å². The second-order valence-electron chi connectivity index (χ2n) is 4.98. The number of hydrogen-bond acceptors (Lipinski definition) is 6. The third-order valence-electron chi connectivity index (χ3n) is 3.37. The number of hydrogen-bond donors (Lipinski definition) is 2. The molecule has 2 N–H and O–H groups in total. The molecule has 1 aromatic rings. The lowest BCUT2D eigenvalue weighted by Crippen LogP contribution is -2.43. The molecule has 0 aromatic heterocycles. The Morgan fingerprint density at radius 2 is 2.18 bits per heavy atom. The molecule has 0 bridgehead atoms. The second-order valence-corrected chi connectivity index (χ2v) is 8.40. The van der Waals surface area contributed by atoms with Crippen molar-refractivity contribution in [3.63, 3.8) is 0 Å². The maximum atomic E-state index is 12.8. The summed E-state index contributed by atoms with van der Waals surface area (Å²) < 4.78 is 31.8. The van der Waals surface area contributed by atoms with Crippen LogP contribution in [0.1, 0.15) is 12.5 Å². The summed E-state index contributed by atoms with van der Waals surface area (Å²) in [5.74, 6) is -0.157. The SMILES string of the molecule is COc1ccc(S(=O)(=O)N2C[C@H](C)S[C@@H]2C(=O)NO)cc1C. The third-order valence-corrected chi connectivity index (χ3v) is 6.67. The van der Waals surface area contributed by atoms with Gasteiger partial charge >= 0.3 is 0 Å². The van der Waals surface area contributed by atoms with E-state index in [2.05, 4.69) is 0 Å². The second kappa shape index (κ2) is 6.45. The molecular weight excluding hydrogens is 328 g/mol. The zero-order chi connectivity index (χ0) is 16.5. The molecule has 1 aliphatic rings. The molecule has 9 heteroatoms. The van der Waals surface area contributed by atoms with Crippen molar-refractivity contribution in [1.29, 1.82) is 0 Å². The molecule has 1 heterocycles. The van der Waals surface area contributed by atoms with E-state index in [9.17, 15) is 13.2 Å². The predicted octanol–water partition coefficient (Wildman–Crippen LogP) is 0.961. The molecule has 122 valence electrons. The summed E-state index contributed by atoms with van der Waals surface area (Å²) in [7, 11) is -2.33. The van der Waals surface area contributed by atoms with Crippen molar-refractivity contribution >= 4 is 27.7 Å². The van der Waals surface area contributed by atoms with Crippen molar-refractivity contribution in [1.82, 2.24) is 9.79 Å². The summed E-state index contributed by atoms with van der Waals surface area (Å²) >= 11 is 1.19. The van der Waals surface area contributed by atoms with E-state index in [1.807, 2.05) is 6.92 Å². The normalized spacial score (nSPS) is 22.5. The van der Waals surface area contributed by atoms with Crippen LogP contribution in [0.3, 0.4) is 0 Å². The number of ether oxygens (including phenoxy) is 1. The van der Waals surface area contributed by atoms with Gasteiger partial charge in [-0.3, -0.25) is 10.0 Å². The van der Waals surface area contributed by atoms with Gasteiger partial charge in [-0.15, -0.1) is 11.8 Å². The van der Waals surface area contributed by atoms with Gasteiger partial charge in [0.2, 0.25) is 10.0 Å². The highest BCUT2D eigenvalue weighted by Crippen LogP contribution is 2.35. The summed E-state index contributed by atoms with van der Waals surface area (Å²) in [5, 5.41) is 7.77. The van der Waals surface area contributed by atoms with Gasteiger partial charge in [-0.2, -0.15) is 4.31 Å². The van der Waals surface area contributed by atoms with Crippen LogP contribution in [0.15, 0.2) is 23.1 Å². The average molecular weight is 346 g/mol. The molecule has 0 spiro atoms. The van der Waals surface area contributed by atoms with E-state index >= 15 is 0 Å². The Bertz CT molecular complexity index is 677. The van der Waals surface area contributed by atoms with E-state index in [1.165, 1.54) is 36.5 Å². The lowest BCUT2D eigenvalue weighted by Gasteiger charge is -2.21. The van der Waals surface area contributed by atoms with Crippen molar-refractivity contribution in [2.75, 3.05) is 13.7 Å². The molecule has 0 aliphatic carbocycles. The molecule has 1 amide bonds. The predicted molar refractivity (Wildman–Crippen MR) is 82.4 cm³/mol. The molecule has 0 radical (unpaired) electrons. The fraction of sp³-hybridized carbons (Fsp3) is 0.462. The molecule has 1 aromatic carbocycles. The molecule has 7 nitrogen and oxygen atoms in total. The van der Waals surface area contributed by atoms with Crippen LogP contribution < -0.4 is 10.2 Å². The van der Waals surface area contributed by atoms with Gasteiger partial charge in [0.1, 0.15) is 5.75 Å². The van der Waals surface area contributed by atoms with Crippen molar-refractivity contribution in [2.24, 2.45) is 0 Å². The maximum Gasteiger partial charge on any atom is 0.272 e. The number of aryl methyl sites for hydroxylation is 1. The number of carbonyl (C=O) groups excluding carboxylic acids is 1. The summed E-state index contributed by atoms with van der Waals surface area (Å²) in [5.41, 5.74) is 2.21. The smallest absolute Gasteiger partial charge is 0.272 e. The molecule has 22 heavy (non-hydrogen) atoms. The minimum atomic E-state index is -3.84. The number of methoxy groups -OCH3 is 1. The van der Waals surface area contributed by atoms with Gasteiger partial charge in [-0.05, 0) is 30.7 Å². The molecule has 1 saturated heterocycles. The standard InChI is InChI=1S/C13H18N2O5S2/c1-8-6-10(4-5-11(8)20-3)22(18,19)15-7-9(2)21-13(15)12(16)14-17/h4-6,9,13,17H,7H2,1-3H3,(H,14,16)/t9-,13+/m0/s1. The van der Waals surface area contributed by atoms with Gasteiger partial charge in [0.15, 0.2) is 5.37 Å². The number of carbonyl (C=O) groups is 1. The fourth-order valence-corrected chi connectivity index (χ4v) is 5.57.